The molecule has 0 aliphatic rings. The van der Waals surface area contributed by atoms with Gasteiger partial charge in [0.25, 0.3) is 0 Å². The van der Waals surface area contributed by atoms with E-state index in [0.717, 1.165) is 0 Å². The van der Waals surface area contributed by atoms with E-state index in [9.17, 15) is 0 Å². The second-order valence-electron chi connectivity index (χ2n) is 3.31. The van der Waals surface area contributed by atoms with Crippen molar-refractivity contribution < 1.29 is 0 Å². The molecule has 0 atom stereocenters. The molecule has 0 fully saturated rings. The summed E-state index contributed by atoms with van der Waals surface area (Å²) in [6.45, 7) is 5.87. The highest BCUT2D eigenvalue weighted by Gasteiger charge is 1.93. The van der Waals surface area contributed by atoms with Gasteiger partial charge in [0.1, 0.15) is 0 Å². The molecule has 2 aromatic carbocycles. The lowest BCUT2D eigenvalue weighted by atomic mass is 10.1. The summed E-state index contributed by atoms with van der Waals surface area (Å²) in [5, 5.41) is 2.58. The minimum absolute atomic E-state index is 1.18. The highest BCUT2D eigenvalue weighted by molar-refractivity contribution is 5.85. The van der Waals surface area contributed by atoms with Gasteiger partial charge in [-0.1, -0.05) is 48.6 Å². The summed E-state index contributed by atoms with van der Waals surface area (Å²) >= 11 is 0. The van der Waals surface area contributed by atoms with Crippen LogP contribution < -0.4 is 0 Å². The number of benzene rings is 2. The lowest BCUT2D eigenvalue weighted by molar-refractivity contribution is 1.50. The van der Waals surface area contributed by atoms with E-state index < -0.39 is 0 Å². The third-order valence-corrected chi connectivity index (χ3v) is 2.26. The van der Waals surface area contributed by atoms with E-state index in [1.807, 2.05) is 6.08 Å². The molecule has 0 aliphatic heterocycles. The summed E-state index contributed by atoms with van der Waals surface area (Å²) in [4.78, 5) is 0. The van der Waals surface area contributed by atoms with Crippen molar-refractivity contribution in [1.29, 1.82) is 0 Å². The minimum atomic E-state index is 1.18. The normalized spacial score (nSPS) is 10.2. The maximum absolute atomic E-state index is 3.76. The van der Waals surface area contributed by atoms with Crippen LogP contribution in [0.2, 0.25) is 0 Å². The van der Waals surface area contributed by atoms with Gasteiger partial charge in [0, 0.05) is 0 Å². The van der Waals surface area contributed by atoms with Gasteiger partial charge in [-0.05, 0) is 29.3 Å². The van der Waals surface area contributed by atoms with E-state index in [2.05, 4.69) is 49.9 Å². The molecule has 0 N–H and O–H groups in total. The standard InChI is InChI=1S/C13H12/c1-3-11-5-7-12-8-10(2)4-6-13(12)9-11/h3-9H,1H2,2H3. The average Bonchev–Trinajstić information content (AvgIpc) is 2.17. The first kappa shape index (κ1) is 8.06. The highest BCUT2D eigenvalue weighted by atomic mass is 14.0. The second kappa shape index (κ2) is 3.06. The van der Waals surface area contributed by atoms with Crippen molar-refractivity contribution in [3.05, 3.63) is 54.1 Å². The minimum Gasteiger partial charge on any atom is -0.0985 e. The van der Waals surface area contributed by atoms with Gasteiger partial charge in [-0.15, -0.1) is 0 Å². The molecule has 2 aromatic rings. The van der Waals surface area contributed by atoms with Crippen LogP contribution in [0, 0.1) is 6.92 Å². The van der Waals surface area contributed by atoms with Gasteiger partial charge >= 0.3 is 0 Å². The zero-order chi connectivity index (χ0) is 9.26. The molecule has 0 amide bonds. The second-order valence-corrected chi connectivity index (χ2v) is 3.31. The van der Waals surface area contributed by atoms with Gasteiger partial charge in [0.15, 0.2) is 0 Å². The Hall–Kier alpha value is -1.56. The van der Waals surface area contributed by atoms with Gasteiger partial charge in [-0.25, -0.2) is 0 Å². The van der Waals surface area contributed by atoms with Crippen LogP contribution in [0.5, 0.6) is 0 Å². The zero-order valence-electron chi connectivity index (χ0n) is 7.75. The van der Waals surface area contributed by atoms with Crippen molar-refractivity contribution in [2.45, 2.75) is 6.92 Å². The van der Waals surface area contributed by atoms with E-state index in [-0.39, 0.29) is 0 Å². The summed E-state index contributed by atoms with van der Waals surface area (Å²) < 4.78 is 0. The smallest absolute Gasteiger partial charge is 0.0178 e. The number of hydrogen-bond acceptors (Lipinski definition) is 0. The largest absolute Gasteiger partial charge is 0.0985 e. The topological polar surface area (TPSA) is 0 Å². The van der Waals surface area contributed by atoms with Crippen LogP contribution in [0.3, 0.4) is 0 Å². The highest BCUT2D eigenvalue weighted by Crippen LogP contribution is 2.17. The maximum Gasteiger partial charge on any atom is -0.0178 e. The zero-order valence-corrected chi connectivity index (χ0v) is 7.75. The monoisotopic (exact) mass is 168 g/mol. The Bertz CT molecular complexity index is 453. The number of aryl methyl sites for hydroxylation is 1. The van der Waals surface area contributed by atoms with Crippen LogP contribution in [0.15, 0.2) is 43.0 Å². The summed E-state index contributed by atoms with van der Waals surface area (Å²) in [6, 6.07) is 12.9. The quantitative estimate of drug-likeness (QED) is 0.607. The Morgan fingerprint density at radius 3 is 2.46 bits per heavy atom. The molecule has 0 saturated carbocycles. The summed E-state index contributed by atoms with van der Waals surface area (Å²) in [6.07, 6.45) is 1.87. The lowest BCUT2D eigenvalue weighted by Crippen LogP contribution is -1.76. The fourth-order valence-corrected chi connectivity index (χ4v) is 1.51. The van der Waals surface area contributed by atoms with Gasteiger partial charge in [0.2, 0.25) is 0 Å². The molecule has 0 heteroatoms. The third-order valence-electron chi connectivity index (χ3n) is 2.26. The van der Waals surface area contributed by atoms with Crippen molar-refractivity contribution in [1.82, 2.24) is 0 Å². The molecule has 0 saturated heterocycles. The van der Waals surface area contributed by atoms with E-state index in [1.165, 1.54) is 21.9 Å². The van der Waals surface area contributed by atoms with Crippen LogP contribution in [-0.2, 0) is 0 Å². The predicted molar refractivity (Wildman–Crippen MR) is 58.8 cm³/mol. The molecule has 0 radical (unpaired) electrons. The Balaban J connectivity index is 2.73. The molecule has 0 unspecified atom stereocenters. The number of rotatable bonds is 1. The van der Waals surface area contributed by atoms with Crippen molar-refractivity contribution >= 4 is 16.8 Å². The molecule has 13 heavy (non-hydrogen) atoms. The molecule has 0 heterocycles. The summed E-state index contributed by atoms with van der Waals surface area (Å²) in [5.41, 5.74) is 2.48. The molecule has 64 valence electrons. The maximum atomic E-state index is 3.76. The predicted octanol–water partition coefficient (Wildman–Crippen LogP) is 3.79. The van der Waals surface area contributed by atoms with Gasteiger partial charge in [-0.3, -0.25) is 0 Å². The average molecular weight is 168 g/mol. The molecule has 2 rings (SSSR count). The van der Waals surface area contributed by atoms with Gasteiger partial charge in [-0.2, -0.15) is 0 Å². The van der Waals surface area contributed by atoms with Crippen LogP contribution in [0.4, 0.5) is 0 Å². The molecule has 0 spiro atoms. The Morgan fingerprint density at radius 1 is 1.00 bits per heavy atom. The van der Waals surface area contributed by atoms with Gasteiger partial charge in [0.05, 0.1) is 0 Å². The van der Waals surface area contributed by atoms with Crippen molar-refractivity contribution in [2.75, 3.05) is 0 Å². The molecule has 0 nitrogen and oxygen atoms in total. The van der Waals surface area contributed by atoms with Crippen LogP contribution in [0.25, 0.3) is 16.8 Å². The van der Waals surface area contributed by atoms with E-state index in [0.29, 0.717) is 0 Å². The Kier molecular flexibility index (Phi) is 1.90. The lowest BCUT2D eigenvalue weighted by Gasteiger charge is -2.00. The summed E-state index contributed by atoms with van der Waals surface area (Å²) in [7, 11) is 0. The third kappa shape index (κ3) is 1.48. The van der Waals surface area contributed by atoms with E-state index >= 15 is 0 Å². The fraction of sp³-hybridized carbons (Fsp3) is 0.0769. The van der Waals surface area contributed by atoms with Gasteiger partial charge < -0.3 is 0 Å². The SMILES string of the molecule is C=Cc1ccc2cc(C)ccc2c1. The molecular weight excluding hydrogens is 156 g/mol. The van der Waals surface area contributed by atoms with E-state index in [1.54, 1.807) is 0 Å². The summed E-state index contributed by atoms with van der Waals surface area (Å²) in [5.74, 6) is 0. The van der Waals surface area contributed by atoms with Crippen LogP contribution in [0.1, 0.15) is 11.1 Å². The molecule has 0 aliphatic carbocycles. The van der Waals surface area contributed by atoms with E-state index in [4.69, 9.17) is 0 Å². The molecular formula is C13H12. The first-order chi connectivity index (χ1) is 6.29. The first-order valence-corrected chi connectivity index (χ1v) is 4.42. The molecule has 0 bridgehead atoms. The Morgan fingerprint density at radius 2 is 1.69 bits per heavy atom. The van der Waals surface area contributed by atoms with Crippen LogP contribution >= 0.6 is 0 Å². The first-order valence-electron chi connectivity index (χ1n) is 4.42. The van der Waals surface area contributed by atoms with Crippen molar-refractivity contribution in [3.63, 3.8) is 0 Å². The van der Waals surface area contributed by atoms with Crippen LogP contribution in [-0.4, -0.2) is 0 Å². The van der Waals surface area contributed by atoms with Crippen molar-refractivity contribution in [3.8, 4) is 0 Å². The molecule has 0 aromatic heterocycles. The van der Waals surface area contributed by atoms with Crippen molar-refractivity contribution in [2.24, 2.45) is 0 Å². The fourth-order valence-electron chi connectivity index (χ4n) is 1.51. The Labute approximate surface area is 78.5 Å². The number of fused-ring (bicyclic) bond motifs is 1. The number of hydrogen-bond donors (Lipinski definition) is 0.